The Bertz CT molecular complexity index is 572. The van der Waals surface area contributed by atoms with Crippen molar-refractivity contribution < 1.29 is 8.42 Å². The molecular formula is C13H16BrCl2NO2S. The molecule has 3 nitrogen and oxygen atoms in total. The molecule has 1 aromatic rings. The van der Waals surface area contributed by atoms with E-state index in [9.17, 15) is 8.42 Å². The van der Waals surface area contributed by atoms with Crippen LogP contribution in [0.15, 0.2) is 27.6 Å². The van der Waals surface area contributed by atoms with Crippen LogP contribution in [0.2, 0.25) is 5.02 Å². The number of alkyl halides is 1. The highest BCUT2D eigenvalue weighted by molar-refractivity contribution is 9.10. The van der Waals surface area contributed by atoms with Crippen molar-refractivity contribution in [1.29, 1.82) is 0 Å². The molecule has 0 aliphatic heterocycles. The molecule has 112 valence electrons. The van der Waals surface area contributed by atoms with Gasteiger partial charge in [0.1, 0.15) is 4.90 Å². The summed E-state index contributed by atoms with van der Waals surface area (Å²) in [5.74, 6) is 0.356. The van der Waals surface area contributed by atoms with E-state index in [1.54, 1.807) is 12.1 Å². The molecule has 2 rings (SSSR count). The molecule has 1 aliphatic carbocycles. The first-order valence-corrected chi connectivity index (χ1v) is 9.56. The van der Waals surface area contributed by atoms with Gasteiger partial charge in [-0.1, -0.05) is 27.5 Å². The van der Waals surface area contributed by atoms with E-state index in [0.29, 0.717) is 12.5 Å². The Balaban J connectivity index is 2.00. The Morgan fingerprint density at radius 1 is 1.25 bits per heavy atom. The van der Waals surface area contributed by atoms with E-state index in [0.717, 1.165) is 30.2 Å². The molecule has 0 radical (unpaired) electrons. The topological polar surface area (TPSA) is 46.2 Å². The molecule has 1 fully saturated rings. The molecular weight excluding hydrogens is 385 g/mol. The molecule has 1 saturated carbocycles. The van der Waals surface area contributed by atoms with E-state index in [-0.39, 0.29) is 15.3 Å². The standard InChI is InChI=1S/C13H16BrCl2NO2S/c14-10-3-6-13(12(16)7-10)20(18,19)17-8-9-1-4-11(15)5-2-9/h3,6-7,9,11,17H,1-2,4-5,8H2. The quantitative estimate of drug-likeness (QED) is 0.770. The normalized spacial score (nSPS) is 23.8. The summed E-state index contributed by atoms with van der Waals surface area (Å²) in [6, 6.07) is 4.75. The average Bonchev–Trinajstić information content (AvgIpc) is 2.37. The predicted octanol–water partition coefficient (Wildman–Crippen LogP) is 4.18. The molecule has 0 saturated heterocycles. The van der Waals surface area contributed by atoms with Crippen molar-refractivity contribution in [1.82, 2.24) is 4.72 Å². The van der Waals surface area contributed by atoms with Crippen LogP contribution in [0.4, 0.5) is 0 Å². The molecule has 7 heteroatoms. The van der Waals surface area contributed by atoms with Gasteiger partial charge >= 0.3 is 0 Å². The number of hydrogen-bond acceptors (Lipinski definition) is 2. The first-order chi connectivity index (χ1) is 9.38. The van der Waals surface area contributed by atoms with Crippen LogP contribution < -0.4 is 4.72 Å². The van der Waals surface area contributed by atoms with Crippen LogP contribution in [-0.4, -0.2) is 20.3 Å². The van der Waals surface area contributed by atoms with Crippen molar-refractivity contribution in [3.05, 3.63) is 27.7 Å². The summed E-state index contributed by atoms with van der Waals surface area (Å²) in [6.45, 7) is 0.443. The first-order valence-electron chi connectivity index (χ1n) is 6.47. The van der Waals surface area contributed by atoms with Crippen molar-refractivity contribution in [3.8, 4) is 0 Å². The van der Waals surface area contributed by atoms with E-state index < -0.39 is 10.0 Å². The van der Waals surface area contributed by atoms with Crippen LogP contribution in [0, 0.1) is 5.92 Å². The highest BCUT2D eigenvalue weighted by Crippen LogP contribution is 2.28. The Hall–Kier alpha value is 0.190. The Kier molecular flexibility index (Phi) is 5.77. The van der Waals surface area contributed by atoms with Crippen LogP contribution in [-0.2, 0) is 10.0 Å². The minimum Gasteiger partial charge on any atom is -0.211 e. The van der Waals surface area contributed by atoms with Gasteiger partial charge < -0.3 is 0 Å². The zero-order valence-electron chi connectivity index (χ0n) is 10.8. The monoisotopic (exact) mass is 399 g/mol. The number of rotatable bonds is 4. The van der Waals surface area contributed by atoms with Gasteiger partial charge in [-0.3, -0.25) is 0 Å². The van der Waals surface area contributed by atoms with Crippen LogP contribution in [0.1, 0.15) is 25.7 Å². The maximum Gasteiger partial charge on any atom is 0.242 e. The van der Waals surface area contributed by atoms with Crippen LogP contribution in [0.5, 0.6) is 0 Å². The Labute approximate surface area is 138 Å². The van der Waals surface area contributed by atoms with Crippen molar-refractivity contribution in [2.45, 2.75) is 36.0 Å². The minimum atomic E-state index is -3.56. The third-order valence-electron chi connectivity index (χ3n) is 3.52. The Morgan fingerprint density at radius 3 is 2.50 bits per heavy atom. The van der Waals surface area contributed by atoms with Gasteiger partial charge in [0, 0.05) is 16.4 Å². The molecule has 0 amide bonds. The maximum atomic E-state index is 12.2. The van der Waals surface area contributed by atoms with Gasteiger partial charge in [-0.2, -0.15) is 0 Å². The van der Waals surface area contributed by atoms with E-state index in [2.05, 4.69) is 20.7 Å². The summed E-state index contributed by atoms with van der Waals surface area (Å²) in [7, 11) is -3.56. The van der Waals surface area contributed by atoms with Crippen molar-refractivity contribution >= 4 is 49.2 Å². The number of benzene rings is 1. The molecule has 0 heterocycles. The molecule has 0 aromatic heterocycles. The van der Waals surface area contributed by atoms with Gasteiger partial charge in [-0.15, -0.1) is 11.6 Å². The third kappa shape index (κ3) is 4.34. The summed E-state index contributed by atoms with van der Waals surface area (Å²) in [5.41, 5.74) is 0. The molecule has 1 aliphatic rings. The SMILES string of the molecule is O=S(=O)(NCC1CCC(Cl)CC1)c1ccc(Br)cc1Cl. The summed E-state index contributed by atoms with van der Waals surface area (Å²) in [4.78, 5) is 0.119. The van der Waals surface area contributed by atoms with Gasteiger partial charge in [0.05, 0.1) is 5.02 Å². The highest BCUT2D eigenvalue weighted by Gasteiger charge is 2.23. The molecule has 0 unspecified atom stereocenters. The Morgan fingerprint density at radius 2 is 1.90 bits per heavy atom. The number of nitrogens with one attached hydrogen (secondary N) is 1. The summed E-state index contributed by atoms with van der Waals surface area (Å²) >= 11 is 15.3. The largest absolute Gasteiger partial charge is 0.242 e. The summed E-state index contributed by atoms with van der Waals surface area (Å²) in [5, 5.41) is 0.458. The number of halogens is 3. The third-order valence-corrected chi connectivity index (χ3v) is 6.36. The summed E-state index contributed by atoms with van der Waals surface area (Å²) in [6.07, 6.45) is 3.83. The maximum absolute atomic E-state index is 12.2. The molecule has 1 N–H and O–H groups in total. The highest BCUT2D eigenvalue weighted by atomic mass is 79.9. The van der Waals surface area contributed by atoms with E-state index in [1.807, 2.05) is 0 Å². The second-order valence-corrected chi connectivity index (χ2v) is 8.72. The summed E-state index contributed by atoms with van der Waals surface area (Å²) < 4.78 is 27.9. The fourth-order valence-corrected chi connectivity index (χ4v) is 4.73. The molecule has 1 aromatic carbocycles. The molecule has 0 bridgehead atoms. The van der Waals surface area contributed by atoms with Crippen molar-refractivity contribution in [2.24, 2.45) is 5.92 Å². The lowest BCUT2D eigenvalue weighted by atomic mass is 9.89. The first kappa shape index (κ1) is 16.6. The lowest BCUT2D eigenvalue weighted by Gasteiger charge is -2.25. The van der Waals surface area contributed by atoms with Crippen molar-refractivity contribution in [2.75, 3.05) is 6.54 Å². The van der Waals surface area contributed by atoms with E-state index in [4.69, 9.17) is 23.2 Å². The number of hydrogen-bond donors (Lipinski definition) is 1. The van der Waals surface area contributed by atoms with Gasteiger partial charge in [0.25, 0.3) is 0 Å². The van der Waals surface area contributed by atoms with Gasteiger partial charge in [-0.05, 0) is 49.8 Å². The molecule has 0 atom stereocenters. The fourth-order valence-electron chi connectivity index (χ4n) is 2.32. The lowest BCUT2D eigenvalue weighted by molar-refractivity contribution is 0.361. The van der Waals surface area contributed by atoms with Crippen LogP contribution in [0.25, 0.3) is 0 Å². The van der Waals surface area contributed by atoms with E-state index >= 15 is 0 Å². The molecule has 0 spiro atoms. The lowest BCUT2D eigenvalue weighted by Crippen LogP contribution is -2.31. The van der Waals surface area contributed by atoms with Crippen molar-refractivity contribution in [3.63, 3.8) is 0 Å². The average molecular weight is 401 g/mol. The van der Waals surface area contributed by atoms with Gasteiger partial charge in [0.15, 0.2) is 0 Å². The zero-order chi connectivity index (χ0) is 14.8. The minimum absolute atomic E-state index is 0.119. The van der Waals surface area contributed by atoms with Gasteiger partial charge in [-0.25, -0.2) is 13.1 Å². The van der Waals surface area contributed by atoms with E-state index in [1.165, 1.54) is 6.07 Å². The smallest absolute Gasteiger partial charge is 0.211 e. The van der Waals surface area contributed by atoms with Crippen LogP contribution >= 0.6 is 39.1 Å². The second-order valence-electron chi connectivity index (χ2n) is 5.04. The predicted molar refractivity (Wildman–Crippen MR) is 85.9 cm³/mol. The van der Waals surface area contributed by atoms with Gasteiger partial charge in [0.2, 0.25) is 10.0 Å². The molecule has 20 heavy (non-hydrogen) atoms. The number of sulfonamides is 1. The second kappa shape index (κ2) is 6.97. The fraction of sp³-hybridized carbons (Fsp3) is 0.538. The van der Waals surface area contributed by atoms with Crippen LogP contribution in [0.3, 0.4) is 0 Å². The zero-order valence-corrected chi connectivity index (χ0v) is 14.7.